The van der Waals surface area contributed by atoms with Crippen molar-refractivity contribution < 1.29 is 14.3 Å². The van der Waals surface area contributed by atoms with Crippen LogP contribution in [0, 0.1) is 0 Å². The third-order valence-electron chi connectivity index (χ3n) is 2.44. The van der Waals surface area contributed by atoms with E-state index >= 15 is 0 Å². The number of hydrogen-bond donors (Lipinski definition) is 1. The fourth-order valence-corrected chi connectivity index (χ4v) is 3.36. The molecule has 2 rings (SSSR count). The molecule has 6 nitrogen and oxygen atoms in total. The van der Waals surface area contributed by atoms with Crippen molar-refractivity contribution in [3.05, 3.63) is 43.7 Å². The van der Waals surface area contributed by atoms with Crippen LogP contribution in [0.3, 0.4) is 0 Å². The Morgan fingerprint density at radius 2 is 2.05 bits per heavy atom. The van der Waals surface area contributed by atoms with Crippen molar-refractivity contribution in [3.63, 3.8) is 0 Å². The van der Waals surface area contributed by atoms with Gasteiger partial charge >= 0.3 is 5.97 Å². The lowest BCUT2D eigenvalue weighted by Gasteiger charge is -1.99. The first kappa shape index (κ1) is 16.9. The lowest BCUT2D eigenvalue weighted by Crippen LogP contribution is -2.19. The van der Waals surface area contributed by atoms with Gasteiger partial charge in [0.05, 0.1) is 18.2 Å². The monoisotopic (exact) mass is 445 g/mol. The molecule has 0 saturated carbocycles. The summed E-state index contributed by atoms with van der Waals surface area (Å²) in [5.41, 5.74) is 0.825. The quantitative estimate of drug-likeness (QED) is 0.335. The van der Waals surface area contributed by atoms with Crippen molar-refractivity contribution in [3.8, 4) is 0 Å². The predicted octanol–water partition coefficient (Wildman–Crippen LogP) is 2.82. The minimum Gasteiger partial charge on any atom is -0.466 e. The summed E-state index contributed by atoms with van der Waals surface area (Å²) in [5.74, 6) is -1.01. The van der Waals surface area contributed by atoms with Crippen LogP contribution in [-0.2, 0) is 14.3 Å². The molecular weight excluding hydrogens is 438 g/mol. The molecule has 1 aromatic rings. The number of thioether (sulfide) groups is 1. The van der Waals surface area contributed by atoms with Gasteiger partial charge in [-0.15, -0.1) is 5.10 Å². The van der Waals surface area contributed by atoms with Crippen molar-refractivity contribution in [2.45, 2.75) is 0 Å². The van der Waals surface area contributed by atoms with Crippen LogP contribution in [0.25, 0.3) is 0 Å². The van der Waals surface area contributed by atoms with Gasteiger partial charge in [-0.3, -0.25) is 10.1 Å². The predicted molar refractivity (Wildman–Crippen MR) is 92.7 cm³/mol. The number of rotatable bonds is 3. The molecule has 1 saturated heterocycles. The molecule has 0 radical (unpaired) electrons. The van der Waals surface area contributed by atoms with Crippen molar-refractivity contribution in [1.29, 1.82) is 0 Å². The summed E-state index contributed by atoms with van der Waals surface area (Å²) in [6.45, 7) is 0. The van der Waals surface area contributed by atoms with E-state index in [2.05, 4.69) is 52.1 Å². The van der Waals surface area contributed by atoms with E-state index in [0.717, 1.165) is 32.3 Å². The molecule has 0 aliphatic carbocycles. The molecule has 0 atom stereocenters. The lowest BCUT2D eigenvalue weighted by atomic mass is 10.2. The minimum absolute atomic E-state index is 0.211. The Morgan fingerprint density at radius 1 is 1.36 bits per heavy atom. The van der Waals surface area contributed by atoms with Gasteiger partial charge in [0.1, 0.15) is 0 Å². The van der Waals surface area contributed by atoms with Gasteiger partial charge in [-0.05, 0) is 23.9 Å². The van der Waals surface area contributed by atoms with E-state index in [0.29, 0.717) is 5.17 Å². The molecule has 0 bridgehead atoms. The zero-order valence-corrected chi connectivity index (χ0v) is 15.2. The van der Waals surface area contributed by atoms with Gasteiger partial charge in [0.2, 0.25) is 0 Å². The van der Waals surface area contributed by atoms with E-state index in [1.807, 2.05) is 18.2 Å². The highest BCUT2D eigenvalue weighted by Gasteiger charge is 2.24. The zero-order valence-electron chi connectivity index (χ0n) is 11.2. The number of nitrogens with one attached hydrogen (secondary N) is 1. The molecule has 1 heterocycles. The summed E-state index contributed by atoms with van der Waals surface area (Å²) in [6, 6.07) is 5.64. The highest BCUT2D eigenvalue weighted by molar-refractivity contribution is 9.11. The van der Waals surface area contributed by atoms with Crippen LogP contribution in [0.1, 0.15) is 5.56 Å². The standard InChI is InChI=1S/C13H9Br2N3O3S/c1-21-11(19)5-10-12(20)17-13(22-10)18-16-6-7-8(14)3-2-4-9(7)15/h2-6H,1H3,(H,17,18,20)/b10-5+,16-6?. The van der Waals surface area contributed by atoms with Crippen LogP contribution in [-0.4, -0.2) is 30.4 Å². The topological polar surface area (TPSA) is 80.1 Å². The summed E-state index contributed by atoms with van der Waals surface area (Å²) >= 11 is 7.84. The highest BCUT2D eigenvalue weighted by atomic mass is 79.9. The molecule has 1 aliphatic rings. The fraction of sp³-hybridized carbons (Fsp3) is 0.0769. The van der Waals surface area contributed by atoms with Gasteiger partial charge in [0.15, 0.2) is 5.17 Å². The van der Waals surface area contributed by atoms with Crippen LogP contribution in [0.2, 0.25) is 0 Å². The Morgan fingerprint density at radius 3 is 2.68 bits per heavy atom. The molecule has 0 unspecified atom stereocenters. The van der Waals surface area contributed by atoms with Crippen molar-refractivity contribution in [1.82, 2.24) is 5.32 Å². The number of ether oxygens (including phenoxy) is 1. The Hall–Kier alpha value is -1.45. The Labute approximate surface area is 147 Å². The number of methoxy groups -OCH3 is 1. The van der Waals surface area contributed by atoms with E-state index in [1.54, 1.807) is 6.21 Å². The van der Waals surface area contributed by atoms with Crippen LogP contribution in [0.4, 0.5) is 0 Å². The van der Waals surface area contributed by atoms with Crippen LogP contribution >= 0.6 is 43.6 Å². The molecule has 114 valence electrons. The second kappa shape index (κ2) is 7.70. The smallest absolute Gasteiger partial charge is 0.331 e. The Balaban J connectivity index is 2.12. The molecule has 22 heavy (non-hydrogen) atoms. The highest BCUT2D eigenvalue weighted by Crippen LogP contribution is 2.25. The number of nitrogens with zero attached hydrogens (tertiary/aromatic N) is 2. The maximum atomic E-state index is 11.6. The largest absolute Gasteiger partial charge is 0.466 e. The SMILES string of the molecule is COC(=O)/C=C1/S/C(=N\N=Cc2c(Br)cccc2Br)NC1=O. The third-order valence-corrected chi connectivity index (χ3v) is 4.72. The number of halogens is 2. The number of benzene rings is 1. The van der Waals surface area contributed by atoms with Gasteiger partial charge in [0, 0.05) is 20.6 Å². The van der Waals surface area contributed by atoms with Crippen LogP contribution in [0.15, 0.2) is 48.3 Å². The normalized spacial score (nSPS) is 18.2. The molecule has 1 N–H and O–H groups in total. The first-order chi connectivity index (χ1) is 10.5. The summed E-state index contributed by atoms with van der Waals surface area (Å²) in [6.07, 6.45) is 2.66. The van der Waals surface area contributed by atoms with E-state index in [1.165, 1.54) is 7.11 Å². The molecule has 0 spiro atoms. The van der Waals surface area contributed by atoms with Gasteiger partial charge in [-0.25, -0.2) is 4.79 Å². The van der Waals surface area contributed by atoms with Crippen molar-refractivity contribution in [2.75, 3.05) is 7.11 Å². The number of carbonyl (C=O) groups excluding carboxylic acids is 2. The second-order valence-corrected chi connectivity index (χ2v) is 6.61. The molecule has 1 aromatic carbocycles. The van der Waals surface area contributed by atoms with E-state index in [9.17, 15) is 9.59 Å². The van der Waals surface area contributed by atoms with Crippen LogP contribution in [0.5, 0.6) is 0 Å². The summed E-state index contributed by atoms with van der Waals surface area (Å²) < 4.78 is 6.20. The van der Waals surface area contributed by atoms with Gasteiger partial charge < -0.3 is 4.74 Å². The first-order valence-electron chi connectivity index (χ1n) is 5.85. The summed E-state index contributed by atoms with van der Waals surface area (Å²) in [7, 11) is 1.24. The minimum atomic E-state index is -0.598. The second-order valence-electron chi connectivity index (χ2n) is 3.87. The fourth-order valence-electron chi connectivity index (χ4n) is 1.41. The van der Waals surface area contributed by atoms with E-state index in [-0.39, 0.29) is 4.91 Å². The number of hydrogen-bond acceptors (Lipinski definition) is 6. The Kier molecular flexibility index (Phi) is 5.92. The van der Waals surface area contributed by atoms with Crippen LogP contribution < -0.4 is 5.32 Å². The first-order valence-corrected chi connectivity index (χ1v) is 8.25. The van der Waals surface area contributed by atoms with Gasteiger partial charge in [0.25, 0.3) is 5.91 Å². The average Bonchev–Trinajstić information content (AvgIpc) is 2.82. The van der Waals surface area contributed by atoms with Gasteiger partial charge in [-0.2, -0.15) is 5.10 Å². The maximum Gasteiger partial charge on any atom is 0.331 e. The summed E-state index contributed by atoms with van der Waals surface area (Å²) in [5, 5.41) is 10.7. The molecular formula is C13H9Br2N3O3S. The number of amides is 1. The molecule has 1 amide bonds. The molecule has 1 aliphatic heterocycles. The maximum absolute atomic E-state index is 11.6. The lowest BCUT2D eigenvalue weighted by molar-refractivity contribution is -0.135. The zero-order chi connectivity index (χ0) is 16.1. The average molecular weight is 447 g/mol. The van der Waals surface area contributed by atoms with Crippen molar-refractivity contribution in [2.24, 2.45) is 10.2 Å². The van der Waals surface area contributed by atoms with E-state index in [4.69, 9.17) is 0 Å². The third kappa shape index (κ3) is 4.28. The number of carbonyl (C=O) groups is 2. The number of amidine groups is 1. The number of esters is 1. The van der Waals surface area contributed by atoms with Crippen molar-refractivity contribution >= 4 is 66.9 Å². The molecule has 1 fully saturated rings. The Bertz CT molecular complexity index is 696. The molecule has 9 heteroatoms. The van der Waals surface area contributed by atoms with Gasteiger partial charge in [-0.1, -0.05) is 37.9 Å². The molecule has 0 aromatic heterocycles. The summed E-state index contributed by atoms with van der Waals surface area (Å²) in [4.78, 5) is 23.0. The van der Waals surface area contributed by atoms with E-state index < -0.39 is 11.9 Å².